The molecule has 0 aliphatic heterocycles. The lowest BCUT2D eigenvalue weighted by atomic mass is 10.2. The average Bonchev–Trinajstić information content (AvgIpc) is 2.85. The number of ether oxygens (including phenoxy) is 1. The molecule has 0 aliphatic rings. The van der Waals surface area contributed by atoms with Gasteiger partial charge in [-0.2, -0.15) is 0 Å². The fourth-order valence-electron chi connectivity index (χ4n) is 2.15. The van der Waals surface area contributed by atoms with E-state index in [4.69, 9.17) is 4.74 Å². The van der Waals surface area contributed by atoms with Crippen LogP contribution in [0.15, 0.2) is 23.2 Å². The van der Waals surface area contributed by atoms with Crippen LogP contribution in [0.25, 0.3) is 5.52 Å². The number of nitrogens with one attached hydrogen (secondary N) is 1. The summed E-state index contributed by atoms with van der Waals surface area (Å²) in [5, 5.41) is 0.0542. The molecule has 21 heavy (non-hydrogen) atoms. The number of methoxy groups -OCH3 is 1. The van der Waals surface area contributed by atoms with E-state index in [1.165, 1.54) is 0 Å². The van der Waals surface area contributed by atoms with Crippen LogP contribution in [0.3, 0.4) is 0 Å². The van der Waals surface area contributed by atoms with E-state index in [-0.39, 0.29) is 10.9 Å². The molecule has 2 aromatic heterocycles. The van der Waals surface area contributed by atoms with Gasteiger partial charge < -0.3 is 4.74 Å². The van der Waals surface area contributed by atoms with Gasteiger partial charge in [0, 0.05) is 12.5 Å². The molecule has 7 heteroatoms. The van der Waals surface area contributed by atoms with Gasteiger partial charge in [0.15, 0.2) is 10.9 Å². The first-order chi connectivity index (χ1) is 9.92. The number of pyridine rings is 1. The van der Waals surface area contributed by atoms with E-state index < -0.39 is 10.0 Å². The number of hydrogen-bond acceptors (Lipinski definition) is 4. The highest BCUT2D eigenvalue weighted by molar-refractivity contribution is 7.89. The molecule has 1 N–H and O–H groups in total. The van der Waals surface area contributed by atoms with Gasteiger partial charge in [-0.05, 0) is 18.6 Å². The van der Waals surface area contributed by atoms with Crippen LogP contribution in [0.2, 0.25) is 0 Å². The molecule has 0 spiro atoms. The second-order valence-electron chi connectivity index (χ2n) is 5.12. The van der Waals surface area contributed by atoms with E-state index in [1.54, 1.807) is 29.7 Å². The van der Waals surface area contributed by atoms with Crippen molar-refractivity contribution in [3.05, 3.63) is 24.0 Å². The summed E-state index contributed by atoms with van der Waals surface area (Å²) in [7, 11) is -2.07. The lowest BCUT2D eigenvalue weighted by molar-refractivity contribution is 0.389. The number of imidazole rings is 1. The van der Waals surface area contributed by atoms with Crippen molar-refractivity contribution in [2.45, 2.75) is 38.1 Å². The van der Waals surface area contributed by atoms with Gasteiger partial charge in [-0.3, -0.25) is 4.40 Å². The Bertz CT molecular complexity index is 735. The van der Waals surface area contributed by atoms with Crippen LogP contribution in [0, 0.1) is 0 Å². The third kappa shape index (κ3) is 2.89. The van der Waals surface area contributed by atoms with E-state index in [1.807, 2.05) is 20.8 Å². The van der Waals surface area contributed by atoms with Gasteiger partial charge in [-0.25, -0.2) is 18.1 Å². The molecule has 0 aliphatic carbocycles. The van der Waals surface area contributed by atoms with E-state index in [2.05, 4.69) is 9.71 Å². The summed E-state index contributed by atoms with van der Waals surface area (Å²) in [4.78, 5) is 4.35. The Kier molecular flexibility index (Phi) is 4.53. The van der Waals surface area contributed by atoms with E-state index in [9.17, 15) is 8.42 Å². The normalized spacial score (nSPS) is 12.2. The molecule has 0 atom stereocenters. The van der Waals surface area contributed by atoms with Crippen molar-refractivity contribution in [3.63, 3.8) is 0 Å². The predicted octanol–water partition coefficient (Wildman–Crippen LogP) is 2.15. The van der Waals surface area contributed by atoms with Crippen molar-refractivity contribution in [1.29, 1.82) is 0 Å². The molecule has 2 aromatic rings. The highest BCUT2D eigenvalue weighted by Gasteiger charge is 2.25. The molecule has 6 nitrogen and oxygen atoms in total. The minimum Gasteiger partial charge on any atom is -0.482 e. The van der Waals surface area contributed by atoms with Crippen LogP contribution < -0.4 is 9.46 Å². The quantitative estimate of drug-likeness (QED) is 0.887. The zero-order chi connectivity index (χ0) is 15.6. The molecular formula is C14H21N3O3S. The molecule has 0 fully saturated rings. The minimum absolute atomic E-state index is 0.0542. The maximum absolute atomic E-state index is 12.4. The topological polar surface area (TPSA) is 72.7 Å². The van der Waals surface area contributed by atoms with Gasteiger partial charge in [0.1, 0.15) is 5.82 Å². The number of sulfonamides is 1. The number of rotatable bonds is 6. The first kappa shape index (κ1) is 15.8. The van der Waals surface area contributed by atoms with Gasteiger partial charge in [-0.1, -0.05) is 26.8 Å². The zero-order valence-corrected chi connectivity index (χ0v) is 13.6. The molecule has 0 saturated heterocycles. The molecular weight excluding hydrogens is 290 g/mol. The fourth-order valence-corrected chi connectivity index (χ4v) is 3.41. The maximum atomic E-state index is 12.4. The van der Waals surface area contributed by atoms with E-state index >= 15 is 0 Å². The third-order valence-electron chi connectivity index (χ3n) is 3.14. The van der Waals surface area contributed by atoms with E-state index in [0.717, 1.165) is 6.42 Å². The summed E-state index contributed by atoms with van der Waals surface area (Å²) < 4.78 is 34.5. The SMILES string of the molecule is CCCNS(=O)(=O)c1nc(C(C)C)n2c(OC)cccc12. The lowest BCUT2D eigenvalue weighted by Gasteiger charge is -2.08. The molecule has 0 saturated carbocycles. The fraction of sp³-hybridized carbons (Fsp3) is 0.500. The molecule has 2 rings (SSSR count). The van der Waals surface area contributed by atoms with Gasteiger partial charge in [0.05, 0.1) is 12.6 Å². The van der Waals surface area contributed by atoms with Gasteiger partial charge >= 0.3 is 0 Å². The third-order valence-corrected chi connectivity index (χ3v) is 4.53. The number of nitrogens with zero attached hydrogens (tertiary/aromatic N) is 2. The summed E-state index contributed by atoms with van der Waals surface area (Å²) in [6, 6.07) is 5.29. The standard InChI is InChI=1S/C14H21N3O3S/c1-5-9-15-21(18,19)14-11-7-6-8-12(20-4)17(11)13(16-14)10(2)3/h6-8,10,15H,5,9H2,1-4H3. The Morgan fingerprint density at radius 2 is 2.10 bits per heavy atom. The van der Waals surface area contributed by atoms with Gasteiger partial charge in [-0.15, -0.1) is 0 Å². The van der Waals surface area contributed by atoms with Gasteiger partial charge in [0.25, 0.3) is 10.0 Å². The van der Waals surface area contributed by atoms with Crippen molar-refractivity contribution < 1.29 is 13.2 Å². The van der Waals surface area contributed by atoms with Crippen molar-refractivity contribution >= 4 is 15.5 Å². The second kappa shape index (κ2) is 6.03. The van der Waals surface area contributed by atoms with Crippen molar-refractivity contribution in [3.8, 4) is 5.88 Å². The molecule has 0 aromatic carbocycles. The van der Waals surface area contributed by atoms with Crippen LogP contribution in [0.4, 0.5) is 0 Å². The van der Waals surface area contributed by atoms with Crippen LogP contribution in [-0.2, 0) is 10.0 Å². The summed E-state index contributed by atoms with van der Waals surface area (Å²) in [5.41, 5.74) is 0.529. The Hall–Kier alpha value is -1.60. The molecule has 0 bridgehead atoms. The van der Waals surface area contributed by atoms with Crippen molar-refractivity contribution in [2.75, 3.05) is 13.7 Å². The summed E-state index contributed by atoms with van der Waals surface area (Å²) >= 11 is 0. The first-order valence-electron chi connectivity index (χ1n) is 6.97. The first-order valence-corrected chi connectivity index (χ1v) is 8.45. The monoisotopic (exact) mass is 311 g/mol. The highest BCUT2D eigenvalue weighted by atomic mass is 32.2. The molecule has 0 unspecified atom stereocenters. The Labute approximate surface area is 125 Å². The van der Waals surface area contributed by atoms with E-state index in [0.29, 0.717) is 23.8 Å². The Balaban J connectivity index is 2.72. The van der Waals surface area contributed by atoms with Crippen LogP contribution >= 0.6 is 0 Å². The maximum Gasteiger partial charge on any atom is 0.260 e. The van der Waals surface area contributed by atoms with Crippen LogP contribution in [0.5, 0.6) is 5.88 Å². The Morgan fingerprint density at radius 1 is 1.38 bits per heavy atom. The van der Waals surface area contributed by atoms with Gasteiger partial charge in [0.2, 0.25) is 0 Å². The largest absolute Gasteiger partial charge is 0.482 e. The molecule has 116 valence electrons. The highest BCUT2D eigenvalue weighted by Crippen LogP contribution is 2.27. The van der Waals surface area contributed by atoms with Crippen LogP contribution in [-0.4, -0.2) is 31.5 Å². The summed E-state index contributed by atoms with van der Waals surface area (Å²) in [6.07, 6.45) is 0.728. The smallest absolute Gasteiger partial charge is 0.260 e. The number of fused-ring (bicyclic) bond motifs is 1. The summed E-state index contributed by atoms with van der Waals surface area (Å²) in [6.45, 7) is 6.24. The number of hydrogen-bond donors (Lipinski definition) is 1. The lowest BCUT2D eigenvalue weighted by Crippen LogP contribution is -2.25. The number of aromatic nitrogens is 2. The predicted molar refractivity (Wildman–Crippen MR) is 81.3 cm³/mol. The van der Waals surface area contributed by atoms with Crippen LogP contribution in [0.1, 0.15) is 38.9 Å². The zero-order valence-electron chi connectivity index (χ0n) is 12.8. The van der Waals surface area contributed by atoms with Crippen molar-refractivity contribution in [2.24, 2.45) is 0 Å². The van der Waals surface area contributed by atoms with Crippen molar-refractivity contribution in [1.82, 2.24) is 14.1 Å². The summed E-state index contributed by atoms with van der Waals surface area (Å²) in [5.74, 6) is 1.31. The molecule has 0 amide bonds. The Morgan fingerprint density at radius 3 is 2.67 bits per heavy atom. The second-order valence-corrected chi connectivity index (χ2v) is 6.80. The molecule has 2 heterocycles. The molecule has 0 radical (unpaired) electrons. The average molecular weight is 311 g/mol. The minimum atomic E-state index is -3.62.